The monoisotopic (exact) mass is 534 g/mol. The quantitative estimate of drug-likeness (QED) is 0.490. The molecule has 0 spiro atoms. The summed E-state index contributed by atoms with van der Waals surface area (Å²) in [5.41, 5.74) is 1.77. The fourth-order valence-corrected chi connectivity index (χ4v) is 4.79. The highest BCUT2D eigenvalue weighted by atomic mass is 35.5. The maximum atomic E-state index is 12.7. The fraction of sp³-hybridized carbons (Fsp3) is 0.357. The lowest BCUT2D eigenvalue weighted by atomic mass is 10.1. The van der Waals surface area contributed by atoms with Crippen LogP contribution in [0.25, 0.3) is 0 Å². The van der Waals surface area contributed by atoms with Gasteiger partial charge in [-0.15, -0.1) is 0 Å². The van der Waals surface area contributed by atoms with Gasteiger partial charge >= 0.3 is 6.09 Å². The summed E-state index contributed by atoms with van der Waals surface area (Å²) in [6.07, 6.45) is 6.44. The Labute approximate surface area is 227 Å². The fourth-order valence-electron chi connectivity index (χ4n) is 4.68. The predicted octanol–water partition coefficient (Wildman–Crippen LogP) is 4.69. The molecule has 2 fully saturated rings. The summed E-state index contributed by atoms with van der Waals surface area (Å²) < 4.78 is 5.49. The lowest BCUT2D eigenvalue weighted by molar-refractivity contribution is 0.102. The molecule has 1 N–H and O–H groups in total. The molecule has 2 aliphatic heterocycles. The van der Waals surface area contributed by atoms with Gasteiger partial charge in [-0.1, -0.05) is 30.2 Å². The number of rotatable bonds is 6. The maximum absolute atomic E-state index is 12.7. The molecule has 0 radical (unpaired) electrons. The van der Waals surface area contributed by atoms with Gasteiger partial charge in [0.15, 0.2) is 5.75 Å². The van der Waals surface area contributed by atoms with Crippen LogP contribution in [0.5, 0.6) is 5.75 Å². The van der Waals surface area contributed by atoms with Crippen molar-refractivity contribution in [2.75, 3.05) is 49.5 Å². The van der Waals surface area contributed by atoms with Gasteiger partial charge in [-0.25, -0.2) is 14.8 Å². The molecule has 2 saturated heterocycles. The third-order valence-electron chi connectivity index (χ3n) is 6.83. The van der Waals surface area contributed by atoms with E-state index in [1.807, 2.05) is 30.3 Å². The molecule has 2 amide bonds. The van der Waals surface area contributed by atoms with Gasteiger partial charge in [0.25, 0.3) is 5.91 Å². The highest BCUT2D eigenvalue weighted by molar-refractivity contribution is 6.30. The number of amides is 2. The first-order chi connectivity index (χ1) is 18.5. The summed E-state index contributed by atoms with van der Waals surface area (Å²) in [5, 5.41) is 3.39. The summed E-state index contributed by atoms with van der Waals surface area (Å²) in [5.74, 6) is 1.30. The van der Waals surface area contributed by atoms with Crippen molar-refractivity contribution < 1.29 is 14.3 Å². The van der Waals surface area contributed by atoms with E-state index in [2.05, 4.69) is 25.1 Å². The molecule has 198 valence electrons. The van der Waals surface area contributed by atoms with Crippen molar-refractivity contribution in [2.24, 2.45) is 0 Å². The largest absolute Gasteiger partial charge is 0.415 e. The van der Waals surface area contributed by atoms with Gasteiger partial charge in [-0.2, -0.15) is 0 Å². The van der Waals surface area contributed by atoms with Crippen LogP contribution < -0.4 is 15.0 Å². The summed E-state index contributed by atoms with van der Waals surface area (Å²) >= 11 is 5.91. The molecule has 0 bridgehead atoms. The van der Waals surface area contributed by atoms with Gasteiger partial charge in [-0.05, 0) is 67.9 Å². The van der Waals surface area contributed by atoms with Crippen LogP contribution >= 0.6 is 11.6 Å². The minimum absolute atomic E-state index is 0.236. The van der Waals surface area contributed by atoms with Crippen molar-refractivity contribution in [1.29, 1.82) is 0 Å². The molecule has 2 aromatic heterocycles. The number of benzene rings is 1. The average Bonchev–Trinajstić information content (AvgIpc) is 2.95. The number of hydrogen-bond donors (Lipinski definition) is 1. The average molecular weight is 535 g/mol. The van der Waals surface area contributed by atoms with Gasteiger partial charge < -0.3 is 19.9 Å². The molecule has 0 aliphatic carbocycles. The molecule has 5 rings (SSSR count). The molecule has 0 atom stereocenters. The molecule has 1 aromatic carbocycles. The molecule has 4 heterocycles. The number of piperidine rings is 1. The van der Waals surface area contributed by atoms with Gasteiger partial charge in [0.05, 0.1) is 11.2 Å². The lowest BCUT2D eigenvalue weighted by Gasteiger charge is -2.34. The molecule has 10 heteroatoms. The van der Waals surface area contributed by atoms with E-state index in [-0.39, 0.29) is 5.91 Å². The Morgan fingerprint density at radius 2 is 1.61 bits per heavy atom. The van der Waals surface area contributed by atoms with Gasteiger partial charge in [0.2, 0.25) is 0 Å². The number of carbonyl (C=O) groups is 2. The third kappa shape index (κ3) is 6.79. The van der Waals surface area contributed by atoms with E-state index < -0.39 is 6.09 Å². The molecule has 2 aliphatic rings. The second-order valence-electron chi connectivity index (χ2n) is 9.54. The first kappa shape index (κ1) is 25.9. The van der Waals surface area contributed by atoms with Crippen LogP contribution in [0.2, 0.25) is 5.02 Å². The maximum Gasteiger partial charge on any atom is 0.415 e. The third-order valence-corrected chi connectivity index (χ3v) is 7.05. The van der Waals surface area contributed by atoms with Crippen LogP contribution in [-0.2, 0) is 6.54 Å². The van der Waals surface area contributed by atoms with Crippen molar-refractivity contribution in [3.05, 3.63) is 77.1 Å². The summed E-state index contributed by atoms with van der Waals surface area (Å²) in [6, 6.07) is 14.6. The summed E-state index contributed by atoms with van der Waals surface area (Å²) in [4.78, 5) is 40.0. The van der Waals surface area contributed by atoms with E-state index in [0.29, 0.717) is 48.3 Å². The van der Waals surface area contributed by atoms with E-state index in [0.717, 1.165) is 25.5 Å². The minimum atomic E-state index is -0.433. The Balaban J connectivity index is 1.08. The van der Waals surface area contributed by atoms with Gasteiger partial charge in [0, 0.05) is 44.5 Å². The number of nitrogens with zero attached hydrogens (tertiary/aromatic N) is 5. The number of anilines is 2. The van der Waals surface area contributed by atoms with Crippen LogP contribution in [0.4, 0.5) is 16.4 Å². The number of piperazine rings is 1. The zero-order valence-corrected chi connectivity index (χ0v) is 21.9. The Hall–Kier alpha value is -3.69. The molecule has 9 nitrogen and oxygen atoms in total. The van der Waals surface area contributed by atoms with Gasteiger partial charge in [-0.3, -0.25) is 9.69 Å². The Kier molecular flexibility index (Phi) is 8.35. The van der Waals surface area contributed by atoms with Crippen molar-refractivity contribution in [2.45, 2.75) is 25.8 Å². The van der Waals surface area contributed by atoms with Crippen LogP contribution in [-0.4, -0.2) is 71.0 Å². The second-order valence-corrected chi connectivity index (χ2v) is 9.98. The van der Waals surface area contributed by atoms with Crippen molar-refractivity contribution in [1.82, 2.24) is 19.8 Å². The number of likely N-dealkylation sites (tertiary alicyclic amines) is 1. The number of hydrogen-bond acceptors (Lipinski definition) is 7. The van der Waals surface area contributed by atoms with E-state index in [1.165, 1.54) is 31.0 Å². The molecular weight excluding hydrogens is 504 g/mol. The minimum Gasteiger partial charge on any atom is -0.409 e. The van der Waals surface area contributed by atoms with E-state index in [9.17, 15) is 9.59 Å². The molecule has 0 saturated carbocycles. The number of carbonyl (C=O) groups excluding carboxylic acids is 2. The Morgan fingerprint density at radius 3 is 2.26 bits per heavy atom. The predicted molar refractivity (Wildman–Crippen MR) is 147 cm³/mol. The Morgan fingerprint density at radius 1 is 0.842 bits per heavy atom. The number of aromatic nitrogens is 2. The first-order valence-electron chi connectivity index (χ1n) is 13.0. The zero-order valence-electron chi connectivity index (χ0n) is 21.2. The normalized spacial score (nSPS) is 16.2. The second kappa shape index (κ2) is 12.2. The first-order valence-corrected chi connectivity index (χ1v) is 13.3. The number of pyridine rings is 2. The Bertz CT molecular complexity index is 1220. The molecule has 38 heavy (non-hydrogen) atoms. The van der Waals surface area contributed by atoms with E-state index in [1.54, 1.807) is 29.3 Å². The van der Waals surface area contributed by atoms with Crippen LogP contribution in [0, 0.1) is 0 Å². The SMILES string of the molecule is O=C(Nc1ccc(OC(=O)N2CCN(c3ccc(Cl)cn3)CC2)cn1)c1ccc(CN2CCCCC2)cc1. The number of ether oxygens (including phenoxy) is 1. The van der Waals surface area contributed by atoms with Crippen LogP contribution in [0.15, 0.2) is 60.9 Å². The van der Waals surface area contributed by atoms with Gasteiger partial charge in [0.1, 0.15) is 11.6 Å². The standard InChI is InChI=1S/C28H31ClN6O3/c29-23-8-11-26(31-18-23)34-14-16-35(17-15-34)28(37)38-24-9-10-25(30-19-24)32-27(36)22-6-4-21(5-7-22)20-33-12-2-1-3-13-33/h4-11,18-19H,1-3,12-17,20H2,(H,30,32,36). The van der Waals surface area contributed by atoms with Crippen molar-refractivity contribution >= 4 is 35.2 Å². The lowest BCUT2D eigenvalue weighted by Crippen LogP contribution is -2.49. The van der Waals surface area contributed by atoms with Crippen LogP contribution in [0.1, 0.15) is 35.2 Å². The number of nitrogens with one attached hydrogen (secondary N) is 1. The highest BCUT2D eigenvalue weighted by Crippen LogP contribution is 2.19. The number of halogens is 1. The highest BCUT2D eigenvalue weighted by Gasteiger charge is 2.23. The van der Waals surface area contributed by atoms with Crippen molar-refractivity contribution in [3.8, 4) is 5.75 Å². The summed E-state index contributed by atoms with van der Waals surface area (Å²) in [7, 11) is 0. The molecular formula is C28H31ClN6O3. The van der Waals surface area contributed by atoms with Crippen LogP contribution in [0.3, 0.4) is 0 Å². The molecule has 0 unspecified atom stereocenters. The van der Waals surface area contributed by atoms with E-state index in [4.69, 9.17) is 16.3 Å². The topological polar surface area (TPSA) is 90.9 Å². The van der Waals surface area contributed by atoms with Crippen molar-refractivity contribution in [3.63, 3.8) is 0 Å². The zero-order chi connectivity index (χ0) is 26.3. The summed E-state index contributed by atoms with van der Waals surface area (Å²) in [6.45, 7) is 5.51. The van der Waals surface area contributed by atoms with E-state index >= 15 is 0 Å². The smallest absolute Gasteiger partial charge is 0.409 e. The molecule has 3 aromatic rings.